The van der Waals surface area contributed by atoms with Gasteiger partial charge in [0, 0.05) is 29.8 Å². The summed E-state index contributed by atoms with van der Waals surface area (Å²) < 4.78 is 6.64. The van der Waals surface area contributed by atoms with Gasteiger partial charge in [-0.2, -0.15) is 5.10 Å². The lowest BCUT2D eigenvalue weighted by Gasteiger charge is -1.98. The molecule has 7 nitrogen and oxygen atoms in total. The molecular weight excluding hydrogens is 328 g/mol. The Hall–Kier alpha value is -2.48. The topological polar surface area (TPSA) is 86.1 Å². The number of carbonyl (C=O) groups is 2. The number of hydrogen-bond acceptors (Lipinski definition) is 6. The molecule has 0 saturated heterocycles. The molecular formula is C16H20N4O3S. The van der Waals surface area contributed by atoms with Gasteiger partial charge in [0.1, 0.15) is 0 Å². The van der Waals surface area contributed by atoms with Gasteiger partial charge in [0.15, 0.2) is 5.13 Å². The monoisotopic (exact) mass is 348 g/mol. The zero-order valence-corrected chi connectivity index (χ0v) is 14.9. The largest absolute Gasteiger partial charge is 0.466 e. The molecule has 2 heterocycles. The number of aryl methyl sites for hydroxylation is 2. The Morgan fingerprint density at radius 1 is 1.42 bits per heavy atom. The quantitative estimate of drug-likeness (QED) is 0.639. The Balaban J connectivity index is 1.96. The lowest BCUT2D eigenvalue weighted by atomic mass is 10.2. The number of rotatable bonds is 6. The number of ether oxygens (including phenoxy) is 1. The molecule has 2 aromatic rings. The van der Waals surface area contributed by atoms with Gasteiger partial charge in [0.25, 0.3) is 0 Å². The Morgan fingerprint density at radius 2 is 2.17 bits per heavy atom. The van der Waals surface area contributed by atoms with Crippen LogP contribution in [0.4, 0.5) is 5.13 Å². The Kier molecular flexibility index (Phi) is 5.86. The van der Waals surface area contributed by atoms with E-state index in [1.54, 1.807) is 23.1 Å². The van der Waals surface area contributed by atoms with Crippen LogP contribution in [0.25, 0.3) is 6.08 Å². The minimum absolute atomic E-state index is 0.101. The molecule has 0 bridgehead atoms. The van der Waals surface area contributed by atoms with E-state index < -0.39 is 0 Å². The van der Waals surface area contributed by atoms with Crippen LogP contribution in [-0.2, 0) is 27.8 Å². The number of carbonyl (C=O) groups excluding carboxylic acids is 2. The first-order chi connectivity index (χ1) is 11.4. The summed E-state index contributed by atoms with van der Waals surface area (Å²) in [6.07, 6.45) is 3.29. The zero-order valence-electron chi connectivity index (χ0n) is 14.1. The molecule has 0 atom stereocenters. The summed E-state index contributed by atoms with van der Waals surface area (Å²) in [5.74, 6) is -0.613. The van der Waals surface area contributed by atoms with Crippen LogP contribution in [0.1, 0.15) is 29.6 Å². The highest BCUT2D eigenvalue weighted by Crippen LogP contribution is 2.17. The highest BCUT2D eigenvalue weighted by Gasteiger charge is 2.10. The molecule has 0 aliphatic carbocycles. The molecule has 0 aliphatic rings. The fourth-order valence-electron chi connectivity index (χ4n) is 2.14. The average Bonchev–Trinajstić information content (AvgIpc) is 3.03. The van der Waals surface area contributed by atoms with E-state index in [0.29, 0.717) is 17.4 Å². The summed E-state index contributed by atoms with van der Waals surface area (Å²) in [5.41, 5.74) is 3.36. The number of hydrogen-bond donors (Lipinski definition) is 1. The smallest absolute Gasteiger partial charge is 0.311 e. The fraction of sp³-hybridized carbons (Fsp3) is 0.375. The van der Waals surface area contributed by atoms with E-state index in [-0.39, 0.29) is 18.3 Å². The summed E-state index contributed by atoms with van der Waals surface area (Å²) in [5, 5.41) is 9.16. The molecule has 0 radical (unpaired) electrons. The van der Waals surface area contributed by atoms with Crippen LogP contribution < -0.4 is 5.32 Å². The summed E-state index contributed by atoms with van der Waals surface area (Å²) in [4.78, 5) is 27.6. The highest BCUT2D eigenvalue weighted by molar-refractivity contribution is 7.14. The third-order valence-electron chi connectivity index (χ3n) is 3.38. The number of amides is 1. The SMILES string of the molecule is CCOC(=O)Cc1csc(NC(=O)/C=C/c2c(C)nn(C)c2C)n1. The molecule has 0 unspecified atom stereocenters. The van der Waals surface area contributed by atoms with Crippen LogP contribution in [0.5, 0.6) is 0 Å². The fourth-order valence-corrected chi connectivity index (χ4v) is 2.86. The predicted molar refractivity (Wildman–Crippen MR) is 92.8 cm³/mol. The number of anilines is 1. The molecule has 128 valence electrons. The number of thiazole rings is 1. The van der Waals surface area contributed by atoms with Gasteiger partial charge in [-0.1, -0.05) is 0 Å². The van der Waals surface area contributed by atoms with Crippen LogP contribution in [0.2, 0.25) is 0 Å². The van der Waals surface area contributed by atoms with Crippen LogP contribution >= 0.6 is 11.3 Å². The molecule has 0 aromatic carbocycles. The molecule has 0 fully saturated rings. The summed E-state index contributed by atoms with van der Waals surface area (Å²) >= 11 is 1.27. The maximum atomic E-state index is 12.0. The molecule has 2 aromatic heterocycles. The van der Waals surface area contributed by atoms with Gasteiger partial charge >= 0.3 is 5.97 Å². The normalized spacial score (nSPS) is 11.0. The van der Waals surface area contributed by atoms with Crippen molar-refractivity contribution in [2.24, 2.45) is 7.05 Å². The summed E-state index contributed by atoms with van der Waals surface area (Å²) in [7, 11) is 1.86. The van der Waals surface area contributed by atoms with Gasteiger partial charge < -0.3 is 4.74 Å². The summed E-state index contributed by atoms with van der Waals surface area (Å²) in [6.45, 7) is 5.93. The van der Waals surface area contributed by atoms with E-state index in [2.05, 4.69) is 15.4 Å². The summed E-state index contributed by atoms with van der Waals surface area (Å²) in [6, 6.07) is 0. The van der Waals surface area contributed by atoms with Crippen molar-refractivity contribution in [3.63, 3.8) is 0 Å². The van der Waals surface area contributed by atoms with Crippen molar-refractivity contribution in [2.45, 2.75) is 27.2 Å². The van der Waals surface area contributed by atoms with Gasteiger partial charge in [-0.3, -0.25) is 19.6 Å². The predicted octanol–water partition coefficient (Wildman–Crippen LogP) is 2.25. The first kappa shape index (κ1) is 17.9. The molecule has 2 rings (SSSR count). The van der Waals surface area contributed by atoms with Crippen molar-refractivity contribution in [2.75, 3.05) is 11.9 Å². The first-order valence-electron chi connectivity index (χ1n) is 7.50. The maximum Gasteiger partial charge on any atom is 0.311 e. The molecule has 1 amide bonds. The van der Waals surface area contributed by atoms with Crippen molar-refractivity contribution in [1.29, 1.82) is 0 Å². The molecule has 0 saturated carbocycles. The minimum atomic E-state index is -0.330. The van der Waals surface area contributed by atoms with E-state index in [1.807, 2.05) is 20.9 Å². The van der Waals surface area contributed by atoms with Gasteiger partial charge in [-0.05, 0) is 26.8 Å². The molecule has 0 spiro atoms. The number of esters is 1. The first-order valence-corrected chi connectivity index (χ1v) is 8.38. The van der Waals surface area contributed by atoms with Crippen molar-refractivity contribution in [3.05, 3.63) is 34.1 Å². The lowest BCUT2D eigenvalue weighted by Crippen LogP contribution is -2.09. The van der Waals surface area contributed by atoms with E-state index in [4.69, 9.17) is 4.74 Å². The van der Waals surface area contributed by atoms with Crippen LogP contribution in [0.3, 0.4) is 0 Å². The maximum absolute atomic E-state index is 12.0. The van der Waals surface area contributed by atoms with E-state index in [1.165, 1.54) is 17.4 Å². The Bertz CT molecular complexity index is 776. The van der Waals surface area contributed by atoms with E-state index in [0.717, 1.165) is 17.0 Å². The molecule has 1 N–H and O–H groups in total. The van der Waals surface area contributed by atoms with Gasteiger partial charge in [-0.25, -0.2) is 4.98 Å². The van der Waals surface area contributed by atoms with E-state index in [9.17, 15) is 9.59 Å². The molecule has 24 heavy (non-hydrogen) atoms. The van der Waals surface area contributed by atoms with Crippen molar-refractivity contribution < 1.29 is 14.3 Å². The van der Waals surface area contributed by atoms with Gasteiger partial charge in [-0.15, -0.1) is 11.3 Å². The van der Waals surface area contributed by atoms with Gasteiger partial charge in [0.2, 0.25) is 5.91 Å². The number of aromatic nitrogens is 3. The number of nitrogens with zero attached hydrogens (tertiary/aromatic N) is 3. The zero-order chi connectivity index (χ0) is 17.7. The van der Waals surface area contributed by atoms with Crippen LogP contribution in [0.15, 0.2) is 11.5 Å². The average molecular weight is 348 g/mol. The molecule has 8 heteroatoms. The highest BCUT2D eigenvalue weighted by atomic mass is 32.1. The Labute approximate surface area is 144 Å². The van der Waals surface area contributed by atoms with E-state index >= 15 is 0 Å². The second-order valence-electron chi connectivity index (χ2n) is 5.16. The van der Waals surface area contributed by atoms with Crippen molar-refractivity contribution in [1.82, 2.24) is 14.8 Å². The lowest BCUT2D eigenvalue weighted by molar-refractivity contribution is -0.142. The standard InChI is InChI=1S/C16H20N4O3S/c1-5-23-15(22)8-12-9-24-16(17-12)18-14(21)7-6-13-10(2)19-20(4)11(13)3/h6-7,9H,5,8H2,1-4H3,(H,17,18,21)/b7-6+. The van der Waals surface area contributed by atoms with Gasteiger partial charge in [0.05, 0.1) is 24.4 Å². The Morgan fingerprint density at radius 3 is 2.79 bits per heavy atom. The number of nitrogens with one attached hydrogen (secondary N) is 1. The van der Waals surface area contributed by atoms with Crippen molar-refractivity contribution in [3.8, 4) is 0 Å². The van der Waals surface area contributed by atoms with Crippen molar-refractivity contribution >= 4 is 34.4 Å². The minimum Gasteiger partial charge on any atom is -0.466 e. The third kappa shape index (κ3) is 4.51. The molecule has 0 aliphatic heterocycles. The third-order valence-corrected chi connectivity index (χ3v) is 4.19. The second kappa shape index (κ2) is 7.87. The van der Waals surface area contributed by atoms with Crippen LogP contribution in [0, 0.1) is 13.8 Å². The van der Waals surface area contributed by atoms with Crippen LogP contribution in [-0.4, -0.2) is 33.2 Å². The second-order valence-corrected chi connectivity index (χ2v) is 6.01.